The van der Waals surface area contributed by atoms with Crippen molar-refractivity contribution < 1.29 is 0 Å². The maximum absolute atomic E-state index is 12.1. The van der Waals surface area contributed by atoms with Crippen molar-refractivity contribution in [2.75, 3.05) is 25.5 Å². The first-order valence-electron chi connectivity index (χ1n) is 7.52. The van der Waals surface area contributed by atoms with E-state index >= 15 is 0 Å². The molecule has 0 fully saturated rings. The summed E-state index contributed by atoms with van der Waals surface area (Å²) in [6.45, 7) is 10.8. The van der Waals surface area contributed by atoms with Crippen molar-refractivity contribution in [1.82, 2.24) is 14.7 Å². The predicted molar refractivity (Wildman–Crippen MR) is 89.2 cm³/mol. The summed E-state index contributed by atoms with van der Waals surface area (Å²) in [5, 5.41) is 7.59. The molecule has 0 atom stereocenters. The van der Waals surface area contributed by atoms with E-state index in [0.717, 1.165) is 19.5 Å². The average molecular weight is 315 g/mol. The van der Waals surface area contributed by atoms with Crippen LogP contribution in [-0.4, -0.2) is 40.9 Å². The summed E-state index contributed by atoms with van der Waals surface area (Å²) in [6.07, 6.45) is 2.62. The lowest BCUT2D eigenvalue weighted by atomic mass is 10.2. The Hall–Kier alpha value is -1.07. The van der Waals surface area contributed by atoms with Crippen LogP contribution >= 0.6 is 11.6 Å². The summed E-state index contributed by atoms with van der Waals surface area (Å²) in [5.74, 6) is 0.358. The van der Waals surface area contributed by atoms with E-state index in [-0.39, 0.29) is 10.6 Å². The van der Waals surface area contributed by atoms with Crippen molar-refractivity contribution in [3.8, 4) is 0 Å². The van der Waals surface area contributed by atoms with E-state index in [9.17, 15) is 4.79 Å². The molecule has 0 aliphatic carbocycles. The van der Waals surface area contributed by atoms with Crippen LogP contribution in [-0.2, 0) is 6.54 Å². The average Bonchev–Trinajstić information content (AvgIpc) is 2.41. The van der Waals surface area contributed by atoms with Crippen molar-refractivity contribution in [3.63, 3.8) is 0 Å². The molecule has 0 radical (unpaired) electrons. The number of nitrogens with zero attached hydrogens (tertiary/aromatic N) is 3. The molecule has 1 aromatic rings. The Morgan fingerprint density at radius 2 is 2.05 bits per heavy atom. The molecule has 0 aliphatic rings. The van der Waals surface area contributed by atoms with Crippen molar-refractivity contribution in [2.24, 2.45) is 5.92 Å². The van der Waals surface area contributed by atoms with Crippen LogP contribution in [0.1, 0.15) is 34.1 Å². The summed E-state index contributed by atoms with van der Waals surface area (Å²) < 4.78 is 1.42. The van der Waals surface area contributed by atoms with Gasteiger partial charge in [0.05, 0.1) is 11.9 Å². The Labute approximate surface area is 132 Å². The van der Waals surface area contributed by atoms with E-state index in [1.165, 1.54) is 4.68 Å². The van der Waals surface area contributed by atoms with Gasteiger partial charge in [0, 0.05) is 19.1 Å². The van der Waals surface area contributed by atoms with Gasteiger partial charge in [-0.15, -0.1) is 0 Å². The first kappa shape index (κ1) is 18.0. The standard InChI is InChI=1S/C15H27ClN4O/c1-11(2)10-20-15(21)14(16)13(9-18-20)17-7-6-8-19(5)12(3)4/h9,11-12,17H,6-8,10H2,1-5H3. The molecule has 6 heteroatoms. The zero-order valence-electron chi connectivity index (χ0n) is 13.7. The molecule has 0 aromatic carbocycles. The lowest BCUT2D eigenvalue weighted by Crippen LogP contribution is -2.29. The molecule has 0 bridgehead atoms. The molecule has 0 aliphatic heterocycles. The van der Waals surface area contributed by atoms with Crippen molar-refractivity contribution >= 4 is 17.3 Å². The minimum Gasteiger partial charge on any atom is -0.382 e. The molecular weight excluding hydrogens is 288 g/mol. The number of hydrogen-bond acceptors (Lipinski definition) is 4. The molecular formula is C15H27ClN4O. The molecule has 1 heterocycles. The van der Waals surface area contributed by atoms with Gasteiger partial charge in [0.25, 0.3) is 5.56 Å². The highest BCUT2D eigenvalue weighted by Crippen LogP contribution is 2.15. The van der Waals surface area contributed by atoms with Gasteiger partial charge < -0.3 is 10.2 Å². The van der Waals surface area contributed by atoms with E-state index in [0.29, 0.717) is 24.2 Å². The Morgan fingerprint density at radius 1 is 1.38 bits per heavy atom. The van der Waals surface area contributed by atoms with E-state index in [2.05, 4.69) is 36.2 Å². The first-order chi connectivity index (χ1) is 9.82. The van der Waals surface area contributed by atoms with Crippen LogP contribution < -0.4 is 10.9 Å². The molecule has 1 aromatic heterocycles. The fourth-order valence-corrected chi connectivity index (χ4v) is 2.09. The Kier molecular flexibility index (Phi) is 7.18. The van der Waals surface area contributed by atoms with Crippen molar-refractivity contribution in [3.05, 3.63) is 21.6 Å². The van der Waals surface area contributed by atoms with Gasteiger partial charge in [0.1, 0.15) is 5.02 Å². The molecule has 0 spiro atoms. The van der Waals surface area contributed by atoms with Gasteiger partial charge in [-0.1, -0.05) is 25.4 Å². The topological polar surface area (TPSA) is 50.2 Å². The molecule has 1 rings (SSSR count). The second-order valence-corrected chi connectivity index (χ2v) is 6.49. The van der Waals surface area contributed by atoms with Crippen molar-refractivity contribution in [2.45, 2.75) is 46.7 Å². The minimum atomic E-state index is -0.227. The second kappa shape index (κ2) is 8.39. The van der Waals surface area contributed by atoms with Crippen LogP contribution in [0.5, 0.6) is 0 Å². The fourth-order valence-electron chi connectivity index (χ4n) is 1.87. The molecule has 120 valence electrons. The van der Waals surface area contributed by atoms with Gasteiger partial charge in [0.2, 0.25) is 0 Å². The third-order valence-electron chi connectivity index (χ3n) is 3.41. The Bertz CT molecular complexity index is 499. The van der Waals surface area contributed by atoms with Crippen LogP contribution in [0.25, 0.3) is 0 Å². The number of anilines is 1. The SMILES string of the molecule is CC(C)Cn1ncc(NCCCN(C)C(C)C)c(Cl)c1=O. The summed E-state index contributed by atoms with van der Waals surface area (Å²) in [6, 6.07) is 0.537. The summed E-state index contributed by atoms with van der Waals surface area (Å²) in [5.41, 5.74) is 0.392. The maximum Gasteiger partial charge on any atom is 0.287 e. The molecule has 0 unspecified atom stereocenters. The van der Waals surface area contributed by atoms with Crippen LogP contribution in [0.3, 0.4) is 0 Å². The third kappa shape index (κ3) is 5.67. The van der Waals surface area contributed by atoms with Gasteiger partial charge in [0.15, 0.2) is 0 Å². The zero-order chi connectivity index (χ0) is 16.0. The number of rotatable bonds is 8. The normalized spacial score (nSPS) is 11.7. The maximum atomic E-state index is 12.1. The third-order valence-corrected chi connectivity index (χ3v) is 3.77. The van der Waals surface area contributed by atoms with Crippen molar-refractivity contribution in [1.29, 1.82) is 0 Å². The quantitative estimate of drug-likeness (QED) is 0.750. The van der Waals surface area contributed by atoms with Crippen LogP contribution in [0.2, 0.25) is 5.02 Å². The zero-order valence-corrected chi connectivity index (χ0v) is 14.4. The van der Waals surface area contributed by atoms with Gasteiger partial charge in [-0.25, -0.2) is 4.68 Å². The van der Waals surface area contributed by atoms with E-state index in [1.807, 2.05) is 13.8 Å². The Balaban J connectivity index is 2.57. The van der Waals surface area contributed by atoms with Gasteiger partial charge >= 0.3 is 0 Å². The molecule has 21 heavy (non-hydrogen) atoms. The highest BCUT2D eigenvalue weighted by molar-refractivity contribution is 6.32. The number of halogens is 1. The minimum absolute atomic E-state index is 0.225. The van der Waals surface area contributed by atoms with E-state index in [4.69, 9.17) is 11.6 Å². The highest BCUT2D eigenvalue weighted by Gasteiger charge is 2.10. The molecule has 0 amide bonds. The number of aromatic nitrogens is 2. The lowest BCUT2D eigenvalue weighted by Gasteiger charge is -2.21. The second-order valence-electron chi connectivity index (χ2n) is 6.11. The summed E-state index contributed by atoms with van der Waals surface area (Å²) in [4.78, 5) is 14.4. The van der Waals surface area contributed by atoms with Gasteiger partial charge in [-0.05, 0) is 39.8 Å². The molecule has 0 saturated heterocycles. The van der Waals surface area contributed by atoms with Crippen LogP contribution in [0.15, 0.2) is 11.0 Å². The monoisotopic (exact) mass is 314 g/mol. The molecule has 5 nitrogen and oxygen atoms in total. The van der Waals surface area contributed by atoms with E-state index in [1.54, 1.807) is 6.20 Å². The predicted octanol–water partition coefficient (Wildman–Crippen LogP) is 2.69. The largest absolute Gasteiger partial charge is 0.382 e. The molecule has 0 saturated carbocycles. The smallest absolute Gasteiger partial charge is 0.287 e. The van der Waals surface area contributed by atoms with E-state index < -0.39 is 0 Å². The molecule has 1 N–H and O–H groups in total. The summed E-state index contributed by atoms with van der Waals surface area (Å²) in [7, 11) is 2.10. The Morgan fingerprint density at radius 3 is 2.62 bits per heavy atom. The lowest BCUT2D eigenvalue weighted by molar-refractivity contribution is 0.273. The van der Waals surface area contributed by atoms with Crippen LogP contribution in [0.4, 0.5) is 5.69 Å². The van der Waals surface area contributed by atoms with Gasteiger partial charge in [-0.2, -0.15) is 5.10 Å². The fraction of sp³-hybridized carbons (Fsp3) is 0.733. The number of nitrogens with one attached hydrogen (secondary N) is 1. The first-order valence-corrected chi connectivity index (χ1v) is 7.90. The number of hydrogen-bond donors (Lipinski definition) is 1. The van der Waals surface area contributed by atoms with Gasteiger partial charge in [-0.3, -0.25) is 4.79 Å². The highest BCUT2D eigenvalue weighted by atomic mass is 35.5. The van der Waals surface area contributed by atoms with Crippen LogP contribution in [0, 0.1) is 5.92 Å². The summed E-state index contributed by atoms with van der Waals surface area (Å²) >= 11 is 6.13.